The third kappa shape index (κ3) is 4.45. The van der Waals surface area contributed by atoms with Crippen molar-refractivity contribution in [3.05, 3.63) is 59.9 Å². The topological polar surface area (TPSA) is 47.6 Å². The van der Waals surface area contributed by atoms with Crippen molar-refractivity contribution in [3.8, 4) is 11.5 Å². The maximum Gasteiger partial charge on any atom is 0.261 e. The maximum absolute atomic E-state index is 12.9. The second-order valence-electron chi connectivity index (χ2n) is 5.19. The van der Waals surface area contributed by atoms with E-state index in [0.29, 0.717) is 11.5 Å². The van der Waals surface area contributed by atoms with Gasteiger partial charge in [0, 0.05) is 0 Å². The molecule has 0 saturated carbocycles. The molecule has 23 heavy (non-hydrogen) atoms. The molecule has 0 aliphatic carbocycles. The molecule has 5 heteroatoms. The zero-order valence-corrected chi connectivity index (χ0v) is 13.4. The molecule has 0 spiro atoms. The van der Waals surface area contributed by atoms with Crippen LogP contribution in [0.5, 0.6) is 11.5 Å². The molecule has 2 rings (SSSR count). The average Bonchev–Trinajstić information content (AvgIpc) is 2.55. The van der Waals surface area contributed by atoms with Crippen LogP contribution in [0.15, 0.2) is 48.5 Å². The van der Waals surface area contributed by atoms with E-state index in [0.717, 1.165) is 5.56 Å². The van der Waals surface area contributed by atoms with Crippen LogP contribution in [0.3, 0.4) is 0 Å². The van der Waals surface area contributed by atoms with Gasteiger partial charge in [0.25, 0.3) is 5.91 Å². The Balaban J connectivity index is 1.98. The van der Waals surface area contributed by atoms with Gasteiger partial charge in [-0.3, -0.25) is 4.79 Å². The van der Waals surface area contributed by atoms with Crippen molar-refractivity contribution in [1.29, 1.82) is 0 Å². The zero-order valence-electron chi connectivity index (χ0n) is 13.4. The predicted molar refractivity (Wildman–Crippen MR) is 86.0 cm³/mol. The van der Waals surface area contributed by atoms with E-state index in [9.17, 15) is 9.18 Å². The first-order valence-corrected chi connectivity index (χ1v) is 7.36. The van der Waals surface area contributed by atoms with Gasteiger partial charge >= 0.3 is 0 Å². The number of ether oxygens (including phenoxy) is 2. The molecule has 0 aliphatic rings. The lowest BCUT2D eigenvalue weighted by Crippen LogP contribution is -2.37. The Morgan fingerprint density at radius 1 is 1.04 bits per heavy atom. The molecule has 1 amide bonds. The molecule has 4 nitrogen and oxygen atoms in total. The van der Waals surface area contributed by atoms with E-state index in [1.165, 1.54) is 12.1 Å². The summed E-state index contributed by atoms with van der Waals surface area (Å²) >= 11 is 0. The van der Waals surface area contributed by atoms with Crippen molar-refractivity contribution >= 4 is 5.91 Å². The minimum absolute atomic E-state index is 0.244. The molecule has 0 bridgehead atoms. The molecular formula is C18H20FNO3. The first-order valence-electron chi connectivity index (χ1n) is 7.36. The van der Waals surface area contributed by atoms with Gasteiger partial charge in [0.15, 0.2) is 17.6 Å². The minimum atomic E-state index is -0.686. The van der Waals surface area contributed by atoms with Crippen LogP contribution in [0.4, 0.5) is 4.39 Å². The van der Waals surface area contributed by atoms with Crippen LogP contribution >= 0.6 is 0 Å². The summed E-state index contributed by atoms with van der Waals surface area (Å²) in [5.41, 5.74) is 0.823. The van der Waals surface area contributed by atoms with Gasteiger partial charge in [0.05, 0.1) is 13.2 Å². The number of hydrogen-bond donors (Lipinski definition) is 1. The first-order chi connectivity index (χ1) is 11.0. The SMILES string of the molecule is COc1ccccc1O[C@@H](C)C(=O)N[C@H](C)c1ccc(F)cc1. The fourth-order valence-electron chi connectivity index (χ4n) is 2.13. The lowest BCUT2D eigenvalue weighted by atomic mass is 10.1. The monoisotopic (exact) mass is 317 g/mol. The molecule has 2 atom stereocenters. The van der Waals surface area contributed by atoms with Gasteiger partial charge in [-0.1, -0.05) is 24.3 Å². The number of para-hydroxylation sites is 2. The smallest absolute Gasteiger partial charge is 0.261 e. The van der Waals surface area contributed by atoms with Crippen LogP contribution in [0.25, 0.3) is 0 Å². The average molecular weight is 317 g/mol. The number of carbonyl (C=O) groups is 1. The third-order valence-corrected chi connectivity index (χ3v) is 3.47. The van der Waals surface area contributed by atoms with Gasteiger partial charge in [-0.15, -0.1) is 0 Å². The van der Waals surface area contributed by atoms with Crippen molar-refractivity contribution in [2.75, 3.05) is 7.11 Å². The quantitative estimate of drug-likeness (QED) is 0.887. The third-order valence-electron chi connectivity index (χ3n) is 3.47. The van der Waals surface area contributed by atoms with Crippen molar-refractivity contribution in [3.63, 3.8) is 0 Å². The van der Waals surface area contributed by atoms with E-state index in [-0.39, 0.29) is 17.8 Å². The largest absolute Gasteiger partial charge is 0.493 e. The lowest BCUT2D eigenvalue weighted by Gasteiger charge is -2.20. The summed E-state index contributed by atoms with van der Waals surface area (Å²) in [6, 6.07) is 12.9. The lowest BCUT2D eigenvalue weighted by molar-refractivity contribution is -0.127. The standard InChI is InChI=1S/C18H20FNO3/c1-12(14-8-10-15(19)11-9-14)20-18(21)13(2)23-17-7-5-4-6-16(17)22-3/h4-13H,1-3H3,(H,20,21)/t12-,13+/m1/s1. The molecule has 2 aromatic carbocycles. The maximum atomic E-state index is 12.9. The summed E-state index contributed by atoms with van der Waals surface area (Å²) in [6.07, 6.45) is -0.686. The Morgan fingerprint density at radius 3 is 2.26 bits per heavy atom. The Hall–Kier alpha value is -2.56. The second kappa shape index (κ2) is 7.63. The zero-order chi connectivity index (χ0) is 16.8. The fraction of sp³-hybridized carbons (Fsp3) is 0.278. The van der Waals surface area contributed by atoms with Crippen LogP contribution in [-0.4, -0.2) is 19.1 Å². The highest BCUT2D eigenvalue weighted by Gasteiger charge is 2.19. The highest BCUT2D eigenvalue weighted by molar-refractivity contribution is 5.81. The molecule has 0 heterocycles. The summed E-state index contributed by atoms with van der Waals surface area (Å²) in [6.45, 7) is 3.50. The summed E-state index contributed by atoms with van der Waals surface area (Å²) in [7, 11) is 1.55. The summed E-state index contributed by atoms with van der Waals surface area (Å²) in [5.74, 6) is 0.513. The fourth-order valence-corrected chi connectivity index (χ4v) is 2.13. The van der Waals surface area contributed by atoms with Crippen molar-refractivity contribution in [1.82, 2.24) is 5.32 Å². The molecule has 0 saturated heterocycles. The molecule has 0 unspecified atom stereocenters. The number of rotatable bonds is 6. The molecular weight excluding hydrogens is 297 g/mol. The van der Waals surface area contributed by atoms with Crippen LogP contribution in [0.1, 0.15) is 25.5 Å². The van der Waals surface area contributed by atoms with E-state index in [4.69, 9.17) is 9.47 Å². The molecule has 122 valence electrons. The Kier molecular flexibility index (Phi) is 5.57. The van der Waals surface area contributed by atoms with E-state index < -0.39 is 6.10 Å². The number of benzene rings is 2. The van der Waals surface area contributed by atoms with Gasteiger partial charge in [-0.05, 0) is 43.7 Å². The van der Waals surface area contributed by atoms with E-state index in [1.54, 1.807) is 38.3 Å². The molecule has 0 aliphatic heterocycles. The second-order valence-corrected chi connectivity index (χ2v) is 5.19. The Morgan fingerprint density at radius 2 is 1.65 bits per heavy atom. The molecule has 1 N–H and O–H groups in total. The van der Waals surface area contributed by atoms with Gasteiger partial charge in [0.2, 0.25) is 0 Å². The highest BCUT2D eigenvalue weighted by Crippen LogP contribution is 2.26. The number of methoxy groups -OCH3 is 1. The number of carbonyl (C=O) groups excluding carboxylic acids is 1. The minimum Gasteiger partial charge on any atom is -0.493 e. The van der Waals surface area contributed by atoms with Gasteiger partial charge in [-0.25, -0.2) is 4.39 Å². The van der Waals surface area contributed by atoms with Crippen LogP contribution in [0, 0.1) is 5.82 Å². The number of amides is 1. The number of hydrogen-bond acceptors (Lipinski definition) is 3. The van der Waals surface area contributed by atoms with Crippen LogP contribution in [0.2, 0.25) is 0 Å². The van der Waals surface area contributed by atoms with Gasteiger partial charge < -0.3 is 14.8 Å². The molecule has 0 fully saturated rings. The van der Waals surface area contributed by atoms with Gasteiger partial charge in [-0.2, -0.15) is 0 Å². The van der Waals surface area contributed by atoms with Crippen LogP contribution < -0.4 is 14.8 Å². The van der Waals surface area contributed by atoms with Crippen molar-refractivity contribution in [2.24, 2.45) is 0 Å². The van der Waals surface area contributed by atoms with Crippen LogP contribution in [-0.2, 0) is 4.79 Å². The molecule has 2 aromatic rings. The molecule has 0 radical (unpaired) electrons. The van der Waals surface area contributed by atoms with E-state index in [1.807, 2.05) is 19.1 Å². The first kappa shape index (κ1) is 16.8. The van der Waals surface area contributed by atoms with Crippen molar-refractivity contribution < 1.29 is 18.7 Å². The molecule has 0 aromatic heterocycles. The normalized spacial score (nSPS) is 13.0. The predicted octanol–water partition coefficient (Wildman–Crippen LogP) is 3.48. The van der Waals surface area contributed by atoms with Gasteiger partial charge in [0.1, 0.15) is 5.82 Å². The highest BCUT2D eigenvalue weighted by atomic mass is 19.1. The van der Waals surface area contributed by atoms with E-state index >= 15 is 0 Å². The summed E-state index contributed by atoms with van der Waals surface area (Å²) in [5, 5.41) is 2.85. The number of halogens is 1. The number of nitrogens with one attached hydrogen (secondary N) is 1. The summed E-state index contributed by atoms with van der Waals surface area (Å²) < 4.78 is 23.8. The van der Waals surface area contributed by atoms with E-state index in [2.05, 4.69) is 5.32 Å². The van der Waals surface area contributed by atoms with Crippen molar-refractivity contribution in [2.45, 2.75) is 26.0 Å². The summed E-state index contributed by atoms with van der Waals surface area (Å²) in [4.78, 5) is 12.2. The Bertz CT molecular complexity index is 658. The Labute approximate surface area is 135 Å².